The molecule has 0 aliphatic rings. The maximum Gasteiger partial charge on any atom is 0.493 e. The molecule has 0 bridgehead atoms. The minimum atomic E-state index is -4.98. The fourth-order valence-electron chi connectivity index (χ4n) is 0.867. The van der Waals surface area contributed by atoms with Crippen molar-refractivity contribution in [2.45, 2.75) is 6.18 Å². The predicted molar refractivity (Wildman–Crippen MR) is 47.0 cm³/mol. The highest BCUT2D eigenvalue weighted by Crippen LogP contribution is 2.19. The molecule has 1 rings (SSSR count). The molecule has 82 valence electrons. The van der Waals surface area contributed by atoms with Gasteiger partial charge in [0.15, 0.2) is 0 Å². The number of nitrogens with zero attached hydrogens (tertiary/aromatic N) is 1. The third-order valence-corrected chi connectivity index (χ3v) is 1.57. The number of benzene rings is 1. The summed E-state index contributed by atoms with van der Waals surface area (Å²) in [5.74, 6) is -2.24. The van der Waals surface area contributed by atoms with Crippen molar-refractivity contribution in [1.29, 1.82) is 0 Å². The molecule has 0 N–H and O–H groups in total. The lowest BCUT2D eigenvalue weighted by molar-refractivity contribution is -0.200. The Morgan fingerprint density at radius 3 is 2.27 bits per heavy atom. The number of alkyl halides is 3. The van der Waals surface area contributed by atoms with Crippen LogP contribution in [0.15, 0.2) is 30.3 Å². The summed E-state index contributed by atoms with van der Waals surface area (Å²) in [5.41, 5.74) is 0.357. The van der Waals surface area contributed by atoms with Gasteiger partial charge in [0.25, 0.3) is 0 Å². The average Bonchev–Trinajstić information content (AvgIpc) is 2.17. The summed E-state index contributed by atoms with van der Waals surface area (Å²) in [6.45, 7) is 0. The Morgan fingerprint density at radius 2 is 1.80 bits per heavy atom. The lowest BCUT2D eigenvalue weighted by Gasteiger charge is -2.18. The number of rotatable bonds is 2. The van der Waals surface area contributed by atoms with Crippen molar-refractivity contribution in [3.05, 3.63) is 30.3 Å². The Hall–Kier alpha value is -1.72. The van der Waals surface area contributed by atoms with E-state index in [0.717, 1.165) is 5.06 Å². The van der Waals surface area contributed by atoms with Gasteiger partial charge in [-0.15, -0.1) is 0 Å². The van der Waals surface area contributed by atoms with Crippen molar-refractivity contribution in [3.63, 3.8) is 0 Å². The second-order valence-electron chi connectivity index (χ2n) is 2.71. The van der Waals surface area contributed by atoms with Gasteiger partial charge in [0.2, 0.25) is 0 Å². The van der Waals surface area contributed by atoms with Gasteiger partial charge in [-0.2, -0.15) is 13.2 Å². The van der Waals surface area contributed by atoms with Gasteiger partial charge in [0.05, 0.1) is 5.69 Å². The van der Waals surface area contributed by atoms with Crippen LogP contribution in [0.3, 0.4) is 0 Å². The van der Waals surface area contributed by atoms with Crippen molar-refractivity contribution >= 4 is 11.7 Å². The molecule has 1 aromatic carbocycles. The Balaban J connectivity index is 2.65. The summed E-state index contributed by atoms with van der Waals surface area (Å²) in [6.07, 6.45) is -4.98. The highest BCUT2D eigenvalue weighted by Gasteiger charge is 2.42. The van der Waals surface area contributed by atoms with Crippen molar-refractivity contribution in [1.82, 2.24) is 0 Å². The first-order valence-corrected chi connectivity index (χ1v) is 3.99. The Bertz CT molecular complexity index is 337. The van der Waals surface area contributed by atoms with E-state index in [2.05, 4.69) is 4.84 Å². The normalized spacial score (nSPS) is 10.9. The minimum Gasteiger partial charge on any atom is -0.333 e. The number of halogens is 3. The van der Waals surface area contributed by atoms with Gasteiger partial charge in [0.1, 0.15) is 0 Å². The summed E-state index contributed by atoms with van der Waals surface area (Å²) in [7, 11) is 1.22. The molecule has 0 saturated carbocycles. The van der Waals surface area contributed by atoms with Crippen molar-refractivity contribution < 1.29 is 22.8 Å². The molecule has 6 heteroatoms. The number of anilines is 1. The van der Waals surface area contributed by atoms with E-state index >= 15 is 0 Å². The Labute approximate surface area is 84.0 Å². The molecule has 0 unspecified atom stereocenters. The lowest BCUT2D eigenvalue weighted by Crippen LogP contribution is -2.32. The summed E-state index contributed by atoms with van der Waals surface area (Å²) >= 11 is 0. The van der Waals surface area contributed by atoms with Gasteiger partial charge in [-0.25, -0.2) is 9.86 Å². The van der Waals surface area contributed by atoms with Crippen LogP contribution in [0.4, 0.5) is 18.9 Å². The number of hydroxylamine groups is 1. The first-order valence-electron chi connectivity index (χ1n) is 3.99. The predicted octanol–water partition coefficient (Wildman–Crippen LogP) is 2.14. The fourth-order valence-corrected chi connectivity index (χ4v) is 0.867. The van der Waals surface area contributed by atoms with E-state index in [-0.39, 0.29) is 0 Å². The Morgan fingerprint density at radius 1 is 1.27 bits per heavy atom. The van der Waals surface area contributed by atoms with Crippen LogP contribution >= 0.6 is 0 Å². The molecule has 3 nitrogen and oxygen atoms in total. The van der Waals surface area contributed by atoms with Crippen LogP contribution in [0.5, 0.6) is 0 Å². The van der Waals surface area contributed by atoms with Crippen LogP contribution in [0.2, 0.25) is 0 Å². The molecule has 1 aromatic rings. The first kappa shape index (κ1) is 11.4. The monoisotopic (exact) mass is 219 g/mol. The third-order valence-electron chi connectivity index (χ3n) is 1.57. The fraction of sp³-hybridized carbons (Fsp3) is 0.222. The van der Waals surface area contributed by atoms with Crippen LogP contribution in [0.1, 0.15) is 0 Å². The van der Waals surface area contributed by atoms with E-state index in [1.165, 1.54) is 19.2 Å². The number of hydrogen-bond acceptors (Lipinski definition) is 3. The van der Waals surface area contributed by atoms with Crippen molar-refractivity contribution in [2.24, 2.45) is 0 Å². The van der Waals surface area contributed by atoms with Crippen molar-refractivity contribution in [2.75, 3.05) is 12.1 Å². The molecular weight excluding hydrogens is 211 g/mol. The van der Waals surface area contributed by atoms with Gasteiger partial charge in [-0.3, -0.25) is 0 Å². The van der Waals surface area contributed by atoms with Gasteiger partial charge >= 0.3 is 12.1 Å². The standard InChI is InChI=1S/C9H8F3NO2/c1-13(7-5-3-2-4-6-7)15-8(14)9(10,11)12/h2-6H,1H3. The SMILES string of the molecule is CN(OC(=O)C(F)(F)F)c1ccccc1. The van der Waals surface area contributed by atoms with E-state index in [9.17, 15) is 18.0 Å². The molecule has 0 heterocycles. The van der Waals surface area contributed by atoms with E-state index in [4.69, 9.17) is 0 Å². The zero-order valence-corrected chi connectivity index (χ0v) is 7.78. The summed E-state index contributed by atoms with van der Waals surface area (Å²) in [5, 5.41) is 0.760. The maximum atomic E-state index is 11.8. The molecule has 0 aliphatic carbocycles. The van der Waals surface area contributed by atoms with Gasteiger partial charge in [-0.05, 0) is 12.1 Å². The summed E-state index contributed by atoms with van der Waals surface area (Å²) in [4.78, 5) is 14.5. The second kappa shape index (κ2) is 4.20. The molecule has 0 atom stereocenters. The van der Waals surface area contributed by atoms with E-state index in [1.54, 1.807) is 18.2 Å². The highest BCUT2D eigenvalue weighted by molar-refractivity contribution is 5.76. The quantitative estimate of drug-likeness (QED) is 0.713. The van der Waals surface area contributed by atoms with Gasteiger partial charge < -0.3 is 4.84 Å². The molecule has 0 amide bonds. The maximum absolute atomic E-state index is 11.8. The zero-order valence-electron chi connectivity index (χ0n) is 7.78. The smallest absolute Gasteiger partial charge is 0.333 e. The topological polar surface area (TPSA) is 29.5 Å². The first-order chi connectivity index (χ1) is 6.91. The Kier molecular flexibility index (Phi) is 3.18. The molecular formula is C9H8F3NO2. The zero-order chi connectivity index (χ0) is 11.5. The number of hydrogen-bond donors (Lipinski definition) is 0. The second-order valence-corrected chi connectivity index (χ2v) is 2.71. The largest absolute Gasteiger partial charge is 0.493 e. The number of carbonyl (C=O) groups is 1. The molecule has 0 aromatic heterocycles. The van der Waals surface area contributed by atoms with Crippen LogP contribution in [-0.2, 0) is 9.63 Å². The van der Waals surface area contributed by atoms with E-state index < -0.39 is 12.1 Å². The van der Waals surface area contributed by atoms with Crippen LogP contribution in [0, 0.1) is 0 Å². The molecule has 0 aliphatic heterocycles. The van der Waals surface area contributed by atoms with Crippen LogP contribution < -0.4 is 5.06 Å². The van der Waals surface area contributed by atoms with Gasteiger partial charge in [-0.1, -0.05) is 18.2 Å². The van der Waals surface area contributed by atoms with Gasteiger partial charge in [0, 0.05) is 7.05 Å². The average molecular weight is 219 g/mol. The molecule has 0 radical (unpaired) electrons. The molecule has 15 heavy (non-hydrogen) atoms. The van der Waals surface area contributed by atoms with E-state index in [0.29, 0.717) is 5.69 Å². The molecule has 0 saturated heterocycles. The summed E-state index contributed by atoms with van der Waals surface area (Å²) < 4.78 is 35.5. The minimum absolute atomic E-state index is 0.357. The lowest BCUT2D eigenvalue weighted by atomic mass is 10.3. The van der Waals surface area contributed by atoms with Crippen LogP contribution in [0.25, 0.3) is 0 Å². The van der Waals surface area contributed by atoms with Crippen LogP contribution in [-0.4, -0.2) is 19.2 Å². The molecule has 0 fully saturated rings. The molecule has 0 spiro atoms. The third kappa shape index (κ3) is 3.16. The number of para-hydroxylation sites is 1. The highest BCUT2D eigenvalue weighted by atomic mass is 19.4. The van der Waals surface area contributed by atoms with Crippen molar-refractivity contribution in [3.8, 4) is 0 Å². The number of carbonyl (C=O) groups excluding carboxylic acids is 1. The summed E-state index contributed by atoms with van der Waals surface area (Å²) in [6, 6.07) is 7.97. The van der Waals surface area contributed by atoms with E-state index in [1.807, 2.05) is 0 Å².